The van der Waals surface area contributed by atoms with Crippen molar-refractivity contribution in [1.82, 2.24) is 19.4 Å². The summed E-state index contributed by atoms with van der Waals surface area (Å²) in [7, 11) is 3.59. The molecule has 4 aromatic rings. The summed E-state index contributed by atoms with van der Waals surface area (Å²) < 4.78 is 9.09. The molecule has 0 saturated carbocycles. The number of rotatable bonds is 6. The third-order valence-corrected chi connectivity index (χ3v) is 7.80. The first kappa shape index (κ1) is 30.2. The zero-order chi connectivity index (χ0) is 31.7. The van der Waals surface area contributed by atoms with E-state index in [1.807, 2.05) is 42.1 Å². The van der Waals surface area contributed by atoms with Gasteiger partial charge in [-0.05, 0) is 38.1 Å². The lowest BCUT2D eigenvalue weighted by Gasteiger charge is -2.22. The van der Waals surface area contributed by atoms with Crippen molar-refractivity contribution in [2.45, 2.75) is 19.8 Å². The van der Waals surface area contributed by atoms with Crippen molar-refractivity contribution >= 4 is 62.4 Å². The number of carbonyl (C=O) groups excluding carboxylic acids is 3. The van der Waals surface area contributed by atoms with E-state index in [0.29, 0.717) is 48.0 Å². The van der Waals surface area contributed by atoms with Crippen molar-refractivity contribution in [2.24, 2.45) is 20.0 Å². The number of benzene rings is 2. The molecule has 2 N–H and O–H groups in total. The van der Waals surface area contributed by atoms with Crippen molar-refractivity contribution in [1.29, 1.82) is 0 Å². The van der Waals surface area contributed by atoms with E-state index in [1.165, 1.54) is 12.1 Å². The highest BCUT2D eigenvalue weighted by molar-refractivity contribution is 6.50. The fraction of sp³-hybridized carbons (Fsp3) is 0.290. The SMILES string of the molecule is CC(=O)O.Cn1cc(C2=C(c3cn(C)c4cc([N+](=O)[O-])ccc34)C(=O)N(COC(=O)C3CCNCC3)C2=O)c2ccccc21. The smallest absolute Gasteiger partial charge is 0.310 e. The molecule has 2 aromatic heterocycles. The Morgan fingerprint density at radius 1 is 0.955 bits per heavy atom. The molecule has 0 spiro atoms. The molecule has 228 valence electrons. The first-order valence-electron chi connectivity index (χ1n) is 13.9. The van der Waals surface area contributed by atoms with Gasteiger partial charge in [-0.1, -0.05) is 18.2 Å². The van der Waals surface area contributed by atoms with Crippen LogP contribution < -0.4 is 5.32 Å². The number of amides is 2. The maximum absolute atomic E-state index is 14.0. The van der Waals surface area contributed by atoms with Gasteiger partial charge in [-0.2, -0.15) is 0 Å². The highest BCUT2D eigenvalue weighted by Gasteiger charge is 2.42. The first-order chi connectivity index (χ1) is 21.0. The molecule has 2 aliphatic heterocycles. The average Bonchev–Trinajstić information content (AvgIpc) is 3.59. The van der Waals surface area contributed by atoms with Gasteiger partial charge in [0.1, 0.15) is 0 Å². The molecule has 0 unspecified atom stereocenters. The van der Waals surface area contributed by atoms with Crippen LogP contribution in [0, 0.1) is 16.0 Å². The maximum Gasteiger partial charge on any atom is 0.310 e. The number of carbonyl (C=O) groups is 4. The van der Waals surface area contributed by atoms with E-state index in [4.69, 9.17) is 14.6 Å². The van der Waals surface area contributed by atoms with Crippen LogP contribution in [0.1, 0.15) is 30.9 Å². The van der Waals surface area contributed by atoms with Gasteiger partial charge in [-0.3, -0.25) is 29.3 Å². The Kier molecular flexibility index (Phi) is 8.32. The number of nitro groups is 1. The fourth-order valence-electron chi connectivity index (χ4n) is 5.72. The van der Waals surface area contributed by atoms with Crippen LogP contribution in [0.25, 0.3) is 33.0 Å². The predicted molar refractivity (Wildman–Crippen MR) is 161 cm³/mol. The van der Waals surface area contributed by atoms with Crippen LogP contribution in [0.5, 0.6) is 0 Å². The number of carboxylic acids is 1. The molecule has 2 aromatic carbocycles. The van der Waals surface area contributed by atoms with Crippen LogP contribution >= 0.6 is 0 Å². The lowest BCUT2D eigenvalue weighted by Crippen LogP contribution is -2.38. The molecule has 0 atom stereocenters. The number of ether oxygens (including phenoxy) is 1. The highest BCUT2D eigenvalue weighted by atomic mass is 16.6. The molecule has 13 heteroatoms. The molecule has 2 aliphatic rings. The maximum atomic E-state index is 14.0. The van der Waals surface area contributed by atoms with Crippen LogP contribution in [0.15, 0.2) is 54.9 Å². The minimum atomic E-state index is -0.833. The number of nitrogens with one attached hydrogen (secondary N) is 1. The van der Waals surface area contributed by atoms with Crippen molar-refractivity contribution in [2.75, 3.05) is 19.8 Å². The lowest BCUT2D eigenvalue weighted by molar-refractivity contribution is -0.384. The Morgan fingerprint density at radius 3 is 2.09 bits per heavy atom. The lowest BCUT2D eigenvalue weighted by atomic mass is 9.95. The molecule has 0 radical (unpaired) electrons. The number of fused-ring (bicyclic) bond motifs is 2. The zero-order valence-corrected chi connectivity index (χ0v) is 24.4. The third-order valence-electron chi connectivity index (χ3n) is 7.80. The summed E-state index contributed by atoms with van der Waals surface area (Å²) in [5, 5.41) is 23.4. The number of carboxylic acid groups (broad SMARTS) is 1. The number of piperidine rings is 1. The summed E-state index contributed by atoms with van der Waals surface area (Å²) >= 11 is 0. The Hall–Kier alpha value is -5.30. The standard InChI is InChI=1S/C29H27N5O6.C2H4O2/c1-31-14-21(19-5-3-4-6-23(19)31)25-26(22-15-32(2)24-13-18(34(38)39)7-8-20(22)24)28(36)33(27(25)35)16-40-29(37)17-9-11-30-12-10-17;1-2(3)4/h3-8,13-15,17,30H,9-12,16H2,1-2H3;1H3,(H,3,4). The van der Waals surface area contributed by atoms with Gasteiger partial charge in [-0.15, -0.1) is 0 Å². The minimum Gasteiger partial charge on any atom is -0.481 e. The molecular formula is C31H31N5O8. The molecule has 6 rings (SSSR count). The van der Waals surface area contributed by atoms with Gasteiger partial charge in [0.15, 0.2) is 6.73 Å². The Labute approximate surface area is 251 Å². The predicted octanol–water partition coefficient (Wildman–Crippen LogP) is 3.45. The van der Waals surface area contributed by atoms with E-state index in [0.717, 1.165) is 22.7 Å². The second-order valence-corrected chi connectivity index (χ2v) is 10.7. The molecule has 2 amide bonds. The number of aromatic nitrogens is 2. The summed E-state index contributed by atoms with van der Waals surface area (Å²) in [5.41, 5.74) is 2.77. The summed E-state index contributed by atoms with van der Waals surface area (Å²) in [6.45, 7) is 2.00. The van der Waals surface area contributed by atoms with Gasteiger partial charge in [0.2, 0.25) is 0 Å². The second kappa shape index (κ2) is 12.1. The van der Waals surface area contributed by atoms with Crippen molar-refractivity contribution in [3.05, 3.63) is 76.1 Å². The van der Waals surface area contributed by atoms with Crippen molar-refractivity contribution in [3.63, 3.8) is 0 Å². The Morgan fingerprint density at radius 2 is 1.50 bits per heavy atom. The summed E-state index contributed by atoms with van der Waals surface area (Å²) in [4.78, 5) is 61.6. The van der Waals surface area contributed by atoms with Gasteiger partial charge in [0.05, 0.1) is 27.5 Å². The molecule has 0 bridgehead atoms. The highest BCUT2D eigenvalue weighted by Crippen LogP contribution is 2.42. The number of aryl methyl sites for hydroxylation is 2. The molecule has 4 heterocycles. The minimum absolute atomic E-state index is 0.0798. The molecule has 44 heavy (non-hydrogen) atoms. The number of nitro benzene ring substituents is 1. The number of nitrogens with zero attached hydrogens (tertiary/aromatic N) is 4. The summed E-state index contributed by atoms with van der Waals surface area (Å²) in [6.07, 6.45) is 4.78. The average molecular weight is 602 g/mol. The van der Waals surface area contributed by atoms with Gasteiger partial charge >= 0.3 is 5.97 Å². The largest absolute Gasteiger partial charge is 0.481 e. The molecular weight excluding hydrogens is 570 g/mol. The fourth-order valence-corrected chi connectivity index (χ4v) is 5.72. The third kappa shape index (κ3) is 5.56. The van der Waals surface area contributed by atoms with E-state index < -0.39 is 35.4 Å². The number of para-hydroxylation sites is 1. The van der Waals surface area contributed by atoms with Gasteiger partial charge in [0, 0.05) is 73.0 Å². The quantitative estimate of drug-likeness (QED) is 0.146. The summed E-state index contributed by atoms with van der Waals surface area (Å²) in [6, 6.07) is 12.0. The van der Waals surface area contributed by atoms with Crippen LogP contribution in [-0.4, -0.2) is 67.6 Å². The number of hydrogen-bond donors (Lipinski definition) is 2. The number of aliphatic carboxylic acids is 1. The summed E-state index contributed by atoms with van der Waals surface area (Å²) in [5.74, 6) is -2.70. The molecule has 0 aliphatic carbocycles. The van der Waals surface area contributed by atoms with Crippen molar-refractivity contribution < 1.29 is 33.9 Å². The van der Waals surface area contributed by atoms with Gasteiger partial charge in [-0.25, -0.2) is 4.90 Å². The molecule has 1 saturated heterocycles. The van der Waals surface area contributed by atoms with E-state index in [1.54, 1.807) is 23.9 Å². The van der Waals surface area contributed by atoms with Crippen LogP contribution in [0.3, 0.4) is 0 Å². The number of non-ortho nitro benzene ring substituents is 1. The van der Waals surface area contributed by atoms with Crippen LogP contribution in [0.4, 0.5) is 5.69 Å². The zero-order valence-electron chi connectivity index (χ0n) is 24.4. The van der Waals surface area contributed by atoms with E-state index in [2.05, 4.69) is 5.32 Å². The Bertz CT molecular complexity index is 1860. The van der Waals surface area contributed by atoms with Gasteiger partial charge < -0.3 is 24.3 Å². The molecule has 1 fully saturated rings. The topological polar surface area (TPSA) is 166 Å². The number of hydrogen-bond acceptors (Lipinski definition) is 8. The molecule has 13 nitrogen and oxygen atoms in total. The van der Waals surface area contributed by atoms with Crippen LogP contribution in [-0.2, 0) is 38.0 Å². The monoisotopic (exact) mass is 601 g/mol. The van der Waals surface area contributed by atoms with Crippen LogP contribution in [0.2, 0.25) is 0 Å². The van der Waals surface area contributed by atoms with E-state index in [9.17, 15) is 24.5 Å². The van der Waals surface area contributed by atoms with E-state index >= 15 is 0 Å². The second-order valence-electron chi connectivity index (χ2n) is 10.7. The normalized spacial score (nSPS) is 15.6. The number of imide groups is 1. The Balaban J connectivity index is 0.000000906. The van der Waals surface area contributed by atoms with E-state index in [-0.39, 0.29) is 22.8 Å². The first-order valence-corrected chi connectivity index (χ1v) is 13.9. The number of esters is 1. The van der Waals surface area contributed by atoms with Gasteiger partial charge in [0.25, 0.3) is 23.5 Å². The van der Waals surface area contributed by atoms with Crippen molar-refractivity contribution in [3.8, 4) is 0 Å².